The summed E-state index contributed by atoms with van der Waals surface area (Å²) in [5, 5.41) is 6.11. The zero-order valence-corrected chi connectivity index (χ0v) is 14.5. The monoisotopic (exact) mass is 351 g/mol. The van der Waals surface area contributed by atoms with E-state index in [9.17, 15) is 4.79 Å². The fourth-order valence-electron chi connectivity index (χ4n) is 2.36. The molecule has 1 heterocycles. The van der Waals surface area contributed by atoms with E-state index in [0.717, 1.165) is 10.4 Å². The third kappa shape index (κ3) is 4.33. The average molecular weight is 351 g/mol. The molecule has 126 valence electrons. The molecular formula is C20H17NO3S. The summed E-state index contributed by atoms with van der Waals surface area (Å²) in [6.07, 6.45) is 0.584. The first-order valence-corrected chi connectivity index (χ1v) is 8.65. The van der Waals surface area contributed by atoms with Crippen molar-refractivity contribution in [3.05, 3.63) is 88.1 Å². The molecule has 0 bridgehead atoms. The molecular weight excluding hydrogens is 334 g/mol. The summed E-state index contributed by atoms with van der Waals surface area (Å²) in [6.45, 7) is 0. The zero-order valence-electron chi connectivity index (χ0n) is 13.7. The first-order valence-electron chi connectivity index (χ1n) is 7.77. The Balaban J connectivity index is 1.82. The molecule has 2 aromatic carbocycles. The molecule has 0 spiro atoms. The number of benzene rings is 2. The van der Waals surface area contributed by atoms with E-state index in [1.54, 1.807) is 35.6 Å². The van der Waals surface area contributed by atoms with Gasteiger partial charge < -0.3 is 9.57 Å². The highest BCUT2D eigenvalue weighted by atomic mass is 32.1. The van der Waals surface area contributed by atoms with Crippen LogP contribution >= 0.6 is 11.3 Å². The van der Waals surface area contributed by atoms with Crippen molar-refractivity contribution in [1.29, 1.82) is 0 Å². The number of oxime groups is 1. The molecule has 5 heteroatoms. The van der Waals surface area contributed by atoms with Gasteiger partial charge in [-0.25, -0.2) is 4.79 Å². The summed E-state index contributed by atoms with van der Waals surface area (Å²) in [5.74, 6) is -0.0806. The summed E-state index contributed by atoms with van der Waals surface area (Å²) in [6, 6.07) is 20.8. The van der Waals surface area contributed by atoms with Crippen LogP contribution in [-0.4, -0.2) is 18.8 Å². The number of ether oxygens (including phenoxy) is 1. The van der Waals surface area contributed by atoms with Crippen molar-refractivity contribution in [1.82, 2.24) is 0 Å². The molecule has 0 amide bonds. The number of methoxy groups -OCH3 is 1. The molecule has 0 saturated heterocycles. The average Bonchev–Trinajstić information content (AvgIpc) is 3.20. The molecule has 3 aromatic rings. The number of hydrogen-bond acceptors (Lipinski definition) is 5. The molecule has 0 N–H and O–H groups in total. The van der Waals surface area contributed by atoms with Crippen LogP contribution < -0.4 is 4.74 Å². The number of rotatable bonds is 6. The second-order valence-electron chi connectivity index (χ2n) is 5.26. The third-order valence-corrected chi connectivity index (χ3v) is 4.50. The number of carbonyl (C=O) groups excluding carboxylic acids is 1. The van der Waals surface area contributed by atoms with Gasteiger partial charge in [-0.15, -0.1) is 11.3 Å². The Morgan fingerprint density at radius 2 is 1.76 bits per heavy atom. The maximum absolute atomic E-state index is 12.3. The smallest absolute Gasteiger partial charge is 0.369 e. The van der Waals surface area contributed by atoms with Crippen molar-refractivity contribution >= 4 is 23.0 Å². The first-order chi connectivity index (χ1) is 12.3. The molecule has 1 aromatic heterocycles. The summed E-state index contributed by atoms with van der Waals surface area (Å²) in [5.41, 5.74) is 2.16. The van der Waals surface area contributed by atoms with E-state index in [1.165, 1.54) is 7.11 Å². The minimum Gasteiger partial charge on any atom is -0.496 e. The van der Waals surface area contributed by atoms with Gasteiger partial charge in [-0.3, -0.25) is 0 Å². The van der Waals surface area contributed by atoms with Gasteiger partial charge in [0.05, 0.1) is 12.0 Å². The molecule has 0 aliphatic rings. The largest absolute Gasteiger partial charge is 0.496 e. The first kappa shape index (κ1) is 16.9. The Bertz CT molecular complexity index is 858. The summed E-state index contributed by atoms with van der Waals surface area (Å²) < 4.78 is 5.19. The maximum Gasteiger partial charge on any atom is 0.369 e. The number of nitrogens with zero attached hydrogens (tertiary/aromatic N) is 1. The van der Waals surface area contributed by atoms with Crippen LogP contribution in [0.4, 0.5) is 0 Å². The molecule has 0 atom stereocenters. The normalized spacial score (nSPS) is 11.2. The van der Waals surface area contributed by atoms with E-state index in [-0.39, 0.29) is 0 Å². The quantitative estimate of drug-likeness (QED) is 0.371. The van der Waals surface area contributed by atoms with Crippen LogP contribution in [0.2, 0.25) is 0 Å². The predicted molar refractivity (Wildman–Crippen MR) is 99.4 cm³/mol. The van der Waals surface area contributed by atoms with Gasteiger partial charge in [-0.2, -0.15) is 0 Å². The molecule has 3 rings (SSSR count). The van der Waals surface area contributed by atoms with Gasteiger partial charge in [-0.1, -0.05) is 53.7 Å². The lowest BCUT2D eigenvalue weighted by atomic mass is 10.1. The van der Waals surface area contributed by atoms with Crippen LogP contribution in [0, 0.1) is 0 Å². The standard InChI is InChI=1S/C20H17NO3S/c1-23-18-11-6-5-10-16(18)20(22)24-21-17(19-12-7-13-25-19)14-15-8-3-2-4-9-15/h2-13H,14H2,1H3/b21-17+. The fraction of sp³-hybridized carbons (Fsp3) is 0.100. The van der Waals surface area contributed by atoms with E-state index in [1.807, 2.05) is 47.8 Å². The molecule has 25 heavy (non-hydrogen) atoms. The molecule has 0 fully saturated rings. The highest BCUT2D eigenvalue weighted by Crippen LogP contribution is 2.19. The minimum absolute atomic E-state index is 0.346. The van der Waals surface area contributed by atoms with Crippen molar-refractivity contribution in [2.75, 3.05) is 7.11 Å². The van der Waals surface area contributed by atoms with Gasteiger partial charge in [0, 0.05) is 6.42 Å². The van der Waals surface area contributed by atoms with Crippen LogP contribution in [0.1, 0.15) is 20.8 Å². The molecule has 0 unspecified atom stereocenters. The molecule has 4 nitrogen and oxygen atoms in total. The molecule has 0 aliphatic carbocycles. The Kier molecular flexibility index (Phi) is 5.59. The van der Waals surface area contributed by atoms with Crippen molar-refractivity contribution in [2.24, 2.45) is 5.16 Å². The number of hydrogen-bond donors (Lipinski definition) is 0. The second-order valence-corrected chi connectivity index (χ2v) is 6.20. The summed E-state index contributed by atoms with van der Waals surface area (Å²) >= 11 is 1.56. The molecule has 0 saturated carbocycles. The van der Waals surface area contributed by atoms with Crippen LogP contribution in [-0.2, 0) is 11.3 Å². The van der Waals surface area contributed by atoms with Crippen LogP contribution in [0.3, 0.4) is 0 Å². The highest BCUT2D eigenvalue weighted by Gasteiger charge is 2.14. The van der Waals surface area contributed by atoms with Gasteiger partial charge in [0.1, 0.15) is 17.0 Å². The van der Waals surface area contributed by atoms with Crippen LogP contribution in [0.5, 0.6) is 5.75 Å². The van der Waals surface area contributed by atoms with E-state index >= 15 is 0 Å². The fourth-order valence-corrected chi connectivity index (χ4v) is 3.06. The van der Waals surface area contributed by atoms with E-state index < -0.39 is 5.97 Å². The SMILES string of the molecule is COc1ccccc1C(=O)O/N=C(\Cc1ccccc1)c1cccs1. The van der Waals surface area contributed by atoms with Gasteiger partial charge in [0.25, 0.3) is 0 Å². The van der Waals surface area contributed by atoms with Gasteiger partial charge in [0.15, 0.2) is 0 Å². The lowest BCUT2D eigenvalue weighted by Crippen LogP contribution is -2.09. The zero-order chi connectivity index (χ0) is 17.5. The number of thiophene rings is 1. The topological polar surface area (TPSA) is 47.9 Å². The lowest BCUT2D eigenvalue weighted by molar-refractivity contribution is 0.0512. The number of para-hydroxylation sites is 1. The maximum atomic E-state index is 12.3. The van der Waals surface area contributed by atoms with Gasteiger partial charge in [-0.05, 0) is 29.1 Å². The van der Waals surface area contributed by atoms with E-state index in [4.69, 9.17) is 9.57 Å². The predicted octanol–water partition coefficient (Wildman–Crippen LogP) is 4.56. The highest BCUT2D eigenvalue weighted by molar-refractivity contribution is 7.12. The number of carbonyl (C=O) groups is 1. The Hall–Kier alpha value is -2.92. The lowest BCUT2D eigenvalue weighted by Gasteiger charge is -2.07. The van der Waals surface area contributed by atoms with Gasteiger partial charge >= 0.3 is 5.97 Å². The minimum atomic E-state index is -0.542. The van der Waals surface area contributed by atoms with E-state index in [0.29, 0.717) is 23.4 Å². The van der Waals surface area contributed by atoms with Crippen molar-refractivity contribution in [2.45, 2.75) is 6.42 Å². The Morgan fingerprint density at radius 1 is 1.00 bits per heavy atom. The van der Waals surface area contributed by atoms with Crippen LogP contribution in [0.25, 0.3) is 0 Å². The Morgan fingerprint density at radius 3 is 2.48 bits per heavy atom. The summed E-state index contributed by atoms with van der Waals surface area (Å²) in [7, 11) is 1.52. The Labute approximate surface area is 150 Å². The van der Waals surface area contributed by atoms with Crippen molar-refractivity contribution in [3.63, 3.8) is 0 Å². The third-order valence-electron chi connectivity index (χ3n) is 3.59. The molecule has 0 radical (unpaired) electrons. The second kappa shape index (κ2) is 8.26. The summed E-state index contributed by atoms with van der Waals surface area (Å²) in [4.78, 5) is 18.5. The van der Waals surface area contributed by atoms with Crippen LogP contribution in [0.15, 0.2) is 77.3 Å². The van der Waals surface area contributed by atoms with Gasteiger partial charge in [0.2, 0.25) is 0 Å². The van der Waals surface area contributed by atoms with E-state index in [2.05, 4.69) is 5.16 Å². The molecule has 0 aliphatic heterocycles. The van der Waals surface area contributed by atoms with Crippen molar-refractivity contribution < 1.29 is 14.4 Å². The van der Waals surface area contributed by atoms with Crippen molar-refractivity contribution in [3.8, 4) is 5.75 Å².